The fraction of sp³-hybridized carbons (Fsp3) is 0.364. The van der Waals surface area contributed by atoms with Gasteiger partial charge in [-0.25, -0.2) is 0 Å². The number of nitrogens with one attached hydrogen (secondary N) is 2. The normalized spacial score (nSPS) is 21.4. The van der Waals surface area contributed by atoms with Gasteiger partial charge in [0.05, 0.1) is 22.9 Å². The summed E-state index contributed by atoms with van der Waals surface area (Å²) in [7, 11) is 0. The van der Waals surface area contributed by atoms with Gasteiger partial charge in [0, 0.05) is 18.7 Å². The Morgan fingerprint density at radius 2 is 2.38 bits per heavy atom. The van der Waals surface area contributed by atoms with Crippen molar-refractivity contribution in [2.45, 2.75) is 6.10 Å². The van der Waals surface area contributed by atoms with Crippen LogP contribution in [0, 0.1) is 3.95 Å². The summed E-state index contributed by atoms with van der Waals surface area (Å²) in [4.78, 5) is 3.25. The fourth-order valence-electron chi connectivity index (χ4n) is 2.03. The van der Waals surface area contributed by atoms with Crippen LogP contribution in [0.2, 0.25) is 0 Å². The van der Waals surface area contributed by atoms with E-state index in [0.29, 0.717) is 0 Å². The number of hydrogen-bond acceptors (Lipinski definition) is 4. The molecular weight excluding hydrogens is 240 g/mol. The lowest BCUT2D eigenvalue weighted by molar-refractivity contribution is 0.0285. The average molecular weight is 252 g/mol. The van der Waals surface area contributed by atoms with Crippen molar-refractivity contribution in [3.05, 3.63) is 27.7 Å². The lowest BCUT2D eigenvalue weighted by Crippen LogP contribution is -2.33. The number of para-hydroxylation sites is 1. The first-order chi connectivity index (χ1) is 7.84. The Balaban J connectivity index is 2.11. The Kier molecular flexibility index (Phi) is 2.77. The fourth-order valence-corrected chi connectivity index (χ4v) is 3.17. The molecule has 1 aromatic carbocycles. The van der Waals surface area contributed by atoms with Crippen molar-refractivity contribution in [1.82, 2.24) is 10.3 Å². The average Bonchev–Trinajstić information content (AvgIpc) is 2.70. The maximum absolute atomic E-state index is 5.77. The highest BCUT2D eigenvalue weighted by atomic mass is 32.1. The molecule has 1 unspecified atom stereocenters. The van der Waals surface area contributed by atoms with E-state index >= 15 is 0 Å². The predicted octanol–water partition coefficient (Wildman–Crippen LogP) is 2.62. The summed E-state index contributed by atoms with van der Waals surface area (Å²) in [5, 5.41) is 3.34. The van der Waals surface area contributed by atoms with Crippen molar-refractivity contribution in [3.8, 4) is 0 Å². The SMILES string of the molecule is S=c1[nH]c2c(C3CNCCO3)cccc2s1. The Labute approximate surface area is 102 Å². The minimum Gasteiger partial charge on any atom is -0.371 e. The number of aromatic amines is 1. The molecule has 3 nitrogen and oxygen atoms in total. The van der Waals surface area contributed by atoms with E-state index in [-0.39, 0.29) is 6.10 Å². The van der Waals surface area contributed by atoms with Gasteiger partial charge in [-0.3, -0.25) is 0 Å². The number of morpholine rings is 1. The van der Waals surface area contributed by atoms with Gasteiger partial charge in [-0.15, -0.1) is 11.3 Å². The van der Waals surface area contributed by atoms with Gasteiger partial charge in [-0.1, -0.05) is 12.1 Å². The molecule has 3 rings (SSSR count). The van der Waals surface area contributed by atoms with Crippen molar-refractivity contribution in [3.63, 3.8) is 0 Å². The van der Waals surface area contributed by atoms with Crippen LogP contribution in [0.25, 0.3) is 10.2 Å². The second kappa shape index (κ2) is 4.25. The third-order valence-corrected chi connectivity index (χ3v) is 3.96. The molecule has 84 valence electrons. The second-order valence-corrected chi connectivity index (χ2v) is 5.52. The van der Waals surface area contributed by atoms with Gasteiger partial charge >= 0.3 is 0 Å². The van der Waals surface area contributed by atoms with Crippen LogP contribution in [0.15, 0.2) is 18.2 Å². The van der Waals surface area contributed by atoms with Gasteiger partial charge in [-0.05, 0) is 18.3 Å². The van der Waals surface area contributed by atoms with E-state index in [1.165, 1.54) is 10.3 Å². The van der Waals surface area contributed by atoms with Gasteiger partial charge in [-0.2, -0.15) is 0 Å². The molecule has 1 aromatic heterocycles. The van der Waals surface area contributed by atoms with E-state index in [1.54, 1.807) is 11.3 Å². The minimum atomic E-state index is 0.137. The quantitative estimate of drug-likeness (QED) is 0.766. The first kappa shape index (κ1) is 10.4. The molecule has 2 N–H and O–H groups in total. The Bertz CT molecular complexity index is 554. The molecule has 1 fully saturated rings. The number of fused-ring (bicyclic) bond motifs is 1. The summed E-state index contributed by atoms with van der Waals surface area (Å²) in [6.45, 7) is 2.58. The van der Waals surface area contributed by atoms with Crippen LogP contribution in [-0.4, -0.2) is 24.7 Å². The molecule has 1 aliphatic heterocycles. The van der Waals surface area contributed by atoms with Crippen LogP contribution in [0.4, 0.5) is 0 Å². The zero-order valence-electron chi connectivity index (χ0n) is 8.66. The van der Waals surface area contributed by atoms with Crippen molar-refractivity contribution in [1.29, 1.82) is 0 Å². The summed E-state index contributed by atoms with van der Waals surface area (Å²) < 4.78 is 7.80. The van der Waals surface area contributed by atoms with Crippen LogP contribution >= 0.6 is 23.6 Å². The molecule has 2 heterocycles. The molecule has 0 amide bonds. The molecule has 0 radical (unpaired) electrons. The van der Waals surface area contributed by atoms with Gasteiger partial charge < -0.3 is 15.0 Å². The van der Waals surface area contributed by atoms with E-state index < -0.39 is 0 Å². The van der Waals surface area contributed by atoms with Gasteiger partial charge in [0.2, 0.25) is 0 Å². The number of thiazole rings is 1. The lowest BCUT2D eigenvalue weighted by atomic mass is 10.1. The molecular formula is C11H12N2OS2. The monoisotopic (exact) mass is 252 g/mol. The second-order valence-electron chi connectivity index (χ2n) is 3.80. The zero-order valence-corrected chi connectivity index (χ0v) is 10.3. The summed E-state index contributed by atoms with van der Waals surface area (Å²) in [6.07, 6.45) is 0.137. The summed E-state index contributed by atoms with van der Waals surface area (Å²) in [5.41, 5.74) is 2.34. The first-order valence-corrected chi connectivity index (χ1v) is 6.51. The van der Waals surface area contributed by atoms with Crippen LogP contribution in [-0.2, 0) is 4.74 Å². The van der Waals surface area contributed by atoms with Crippen LogP contribution in [0.1, 0.15) is 11.7 Å². The standard InChI is InChI=1S/C11H12N2OS2/c15-11-13-10-7(2-1-3-9(10)16-11)8-6-12-4-5-14-8/h1-3,8,12H,4-6H2,(H,13,15). The number of benzene rings is 1. The molecule has 1 aliphatic rings. The maximum atomic E-state index is 5.77. The molecule has 1 saturated heterocycles. The predicted molar refractivity (Wildman–Crippen MR) is 68.6 cm³/mol. The Morgan fingerprint density at radius 1 is 1.44 bits per heavy atom. The highest BCUT2D eigenvalue weighted by molar-refractivity contribution is 7.73. The van der Waals surface area contributed by atoms with Crippen LogP contribution < -0.4 is 5.32 Å². The van der Waals surface area contributed by atoms with Crippen molar-refractivity contribution in [2.75, 3.05) is 19.7 Å². The molecule has 0 spiro atoms. The Hall–Kier alpha value is -0.750. The maximum Gasteiger partial charge on any atom is 0.159 e. The Morgan fingerprint density at radius 3 is 3.19 bits per heavy atom. The van der Waals surface area contributed by atoms with E-state index in [0.717, 1.165) is 29.2 Å². The molecule has 1 atom stereocenters. The van der Waals surface area contributed by atoms with Gasteiger partial charge in [0.15, 0.2) is 3.95 Å². The summed E-state index contributed by atoms with van der Waals surface area (Å²) in [6, 6.07) is 6.26. The van der Waals surface area contributed by atoms with Crippen molar-refractivity contribution >= 4 is 33.8 Å². The van der Waals surface area contributed by atoms with Crippen molar-refractivity contribution in [2.24, 2.45) is 0 Å². The highest BCUT2D eigenvalue weighted by Crippen LogP contribution is 2.29. The van der Waals surface area contributed by atoms with E-state index in [2.05, 4.69) is 28.5 Å². The zero-order chi connectivity index (χ0) is 11.0. The smallest absolute Gasteiger partial charge is 0.159 e. The lowest BCUT2D eigenvalue weighted by Gasteiger charge is -2.24. The number of hydrogen-bond donors (Lipinski definition) is 2. The first-order valence-electron chi connectivity index (χ1n) is 5.28. The molecule has 2 aromatic rings. The number of ether oxygens (including phenoxy) is 1. The van der Waals surface area contributed by atoms with E-state index in [1.807, 2.05) is 0 Å². The minimum absolute atomic E-state index is 0.137. The van der Waals surface area contributed by atoms with E-state index in [9.17, 15) is 0 Å². The van der Waals surface area contributed by atoms with Crippen molar-refractivity contribution < 1.29 is 4.74 Å². The largest absolute Gasteiger partial charge is 0.371 e. The number of H-pyrrole nitrogens is 1. The molecule has 0 bridgehead atoms. The summed E-state index contributed by atoms with van der Waals surface area (Å²) >= 11 is 6.79. The van der Waals surface area contributed by atoms with E-state index in [4.69, 9.17) is 17.0 Å². The topological polar surface area (TPSA) is 37.0 Å². The molecule has 0 aliphatic carbocycles. The molecule has 5 heteroatoms. The van der Waals surface area contributed by atoms with Gasteiger partial charge in [0.25, 0.3) is 0 Å². The summed E-state index contributed by atoms with van der Waals surface area (Å²) in [5.74, 6) is 0. The number of aromatic nitrogens is 1. The third-order valence-electron chi connectivity index (χ3n) is 2.76. The molecule has 16 heavy (non-hydrogen) atoms. The van der Waals surface area contributed by atoms with Crippen LogP contribution in [0.3, 0.4) is 0 Å². The highest BCUT2D eigenvalue weighted by Gasteiger charge is 2.18. The van der Waals surface area contributed by atoms with Crippen LogP contribution in [0.5, 0.6) is 0 Å². The number of rotatable bonds is 1. The van der Waals surface area contributed by atoms with Gasteiger partial charge in [0.1, 0.15) is 0 Å². The molecule has 0 saturated carbocycles. The third kappa shape index (κ3) is 1.80.